The molecule has 0 radical (unpaired) electrons. The topological polar surface area (TPSA) is 46.5 Å². The second-order valence-electron chi connectivity index (χ2n) is 6.47. The minimum absolute atomic E-state index is 0.154. The summed E-state index contributed by atoms with van der Waals surface area (Å²) in [5.41, 5.74) is 1.56. The molecular weight excluding hydrogens is 244 g/mol. The van der Waals surface area contributed by atoms with Crippen molar-refractivity contribution < 1.29 is 14.3 Å². The van der Waals surface area contributed by atoms with Crippen LogP contribution in [0.25, 0.3) is 0 Å². The maximum atomic E-state index is 11.4. The molecule has 0 aromatic heterocycles. The number of aliphatic hydroxyl groups excluding tert-OH is 1. The van der Waals surface area contributed by atoms with E-state index in [0.29, 0.717) is 29.7 Å². The average molecular weight is 272 g/mol. The molecule has 0 spiro atoms. The lowest BCUT2D eigenvalue weighted by Gasteiger charge is -2.44. The summed E-state index contributed by atoms with van der Waals surface area (Å²) >= 11 is 0. The van der Waals surface area contributed by atoms with Gasteiger partial charge < -0.3 is 9.53 Å². The molecule has 0 saturated heterocycles. The summed E-state index contributed by atoms with van der Waals surface area (Å²) in [6.45, 7) is 13.8. The molecule has 0 heterocycles. The molecule has 0 aromatic carbocycles. The van der Waals surface area contributed by atoms with E-state index in [9.17, 15) is 9.90 Å². The Morgan fingerprint density at radius 1 is 1.17 bits per heavy atom. The third-order valence-electron chi connectivity index (χ3n) is 4.51. The van der Waals surface area contributed by atoms with Crippen LogP contribution < -0.4 is 0 Å². The van der Waals surface area contributed by atoms with Crippen LogP contribution in [-0.2, 0) is 9.22 Å². The van der Waals surface area contributed by atoms with Crippen LogP contribution in [0.5, 0.6) is 0 Å². The summed E-state index contributed by atoms with van der Waals surface area (Å²) in [5.74, 6) is -0.116. The predicted octanol–water partition coefficient (Wildman–Crippen LogP) is 3.13. The molecule has 0 bridgehead atoms. The molecule has 3 nitrogen and oxygen atoms in total. The highest BCUT2D eigenvalue weighted by Gasteiger charge is 2.47. The van der Waals surface area contributed by atoms with Crippen LogP contribution in [0, 0.1) is 5.92 Å². The third kappa shape index (κ3) is 2.70. The van der Waals surface area contributed by atoms with Gasteiger partial charge in [-0.25, -0.2) is 0 Å². The van der Waals surface area contributed by atoms with E-state index in [-0.39, 0.29) is 11.7 Å². The van der Waals surface area contributed by atoms with Crippen molar-refractivity contribution >= 4 is 14.1 Å². The van der Waals surface area contributed by atoms with E-state index in [0.717, 1.165) is 0 Å². The molecule has 18 heavy (non-hydrogen) atoms. The van der Waals surface area contributed by atoms with Gasteiger partial charge in [0.05, 0.1) is 12.0 Å². The highest BCUT2D eigenvalue weighted by molar-refractivity contribution is 6.77. The van der Waals surface area contributed by atoms with Gasteiger partial charge in [0, 0.05) is 13.0 Å². The Hall–Kier alpha value is -0.193. The molecule has 0 aromatic rings. The van der Waals surface area contributed by atoms with Crippen molar-refractivity contribution in [3.8, 4) is 0 Å². The third-order valence-corrected chi connectivity index (χ3v) is 10.6. The van der Waals surface area contributed by atoms with Crippen LogP contribution in [0.15, 0.2) is 0 Å². The molecule has 1 N–H and O–H groups in total. The highest BCUT2D eigenvalue weighted by Crippen LogP contribution is 2.43. The first-order chi connectivity index (χ1) is 8.23. The van der Waals surface area contributed by atoms with Gasteiger partial charge in [0.25, 0.3) is 0 Å². The SMILES string of the molecule is CC(C)[Si](OC[C@@H]1C(=O)C[C@@H]1O)(C(C)C)C(C)C. The van der Waals surface area contributed by atoms with Crippen molar-refractivity contribution in [3.05, 3.63) is 0 Å². The van der Waals surface area contributed by atoms with E-state index in [2.05, 4.69) is 41.5 Å². The van der Waals surface area contributed by atoms with E-state index in [1.165, 1.54) is 0 Å². The first-order valence-corrected chi connectivity index (χ1v) is 9.22. The molecule has 0 amide bonds. The van der Waals surface area contributed by atoms with Gasteiger partial charge in [0.15, 0.2) is 8.32 Å². The lowest BCUT2D eigenvalue weighted by atomic mass is 9.81. The number of rotatable bonds is 6. The van der Waals surface area contributed by atoms with Crippen molar-refractivity contribution in [1.82, 2.24) is 0 Å². The second-order valence-corrected chi connectivity index (χ2v) is 11.9. The van der Waals surface area contributed by atoms with Gasteiger partial charge in [-0.3, -0.25) is 4.79 Å². The minimum atomic E-state index is -1.90. The summed E-state index contributed by atoms with van der Waals surface area (Å²) in [4.78, 5) is 11.4. The van der Waals surface area contributed by atoms with E-state index in [1.54, 1.807) is 0 Å². The summed E-state index contributed by atoms with van der Waals surface area (Å²) in [6, 6.07) is 0. The normalized spacial score (nSPS) is 25.1. The van der Waals surface area contributed by atoms with Crippen molar-refractivity contribution in [1.29, 1.82) is 0 Å². The minimum Gasteiger partial charge on any atom is -0.415 e. The van der Waals surface area contributed by atoms with E-state index < -0.39 is 14.4 Å². The van der Waals surface area contributed by atoms with E-state index in [4.69, 9.17) is 4.43 Å². The Bertz CT molecular complexity index is 278. The summed E-state index contributed by atoms with van der Waals surface area (Å²) in [5, 5.41) is 9.61. The fourth-order valence-electron chi connectivity index (χ4n) is 3.49. The maximum absolute atomic E-state index is 11.4. The zero-order valence-electron chi connectivity index (χ0n) is 12.6. The lowest BCUT2D eigenvalue weighted by molar-refractivity contribution is -0.142. The monoisotopic (exact) mass is 272 g/mol. The van der Waals surface area contributed by atoms with Crippen LogP contribution in [-0.4, -0.2) is 31.9 Å². The van der Waals surface area contributed by atoms with Crippen LogP contribution in [0.4, 0.5) is 0 Å². The first kappa shape index (κ1) is 15.9. The molecule has 1 fully saturated rings. The van der Waals surface area contributed by atoms with Gasteiger partial charge in [0.2, 0.25) is 0 Å². The zero-order chi connectivity index (χ0) is 14.1. The van der Waals surface area contributed by atoms with Gasteiger partial charge in [-0.05, 0) is 16.6 Å². The first-order valence-electron chi connectivity index (χ1n) is 7.08. The molecule has 4 heteroatoms. The summed E-state index contributed by atoms with van der Waals surface area (Å²) in [7, 11) is -1.90. The fraction of sp³-hybridized carbons (Fsp3) is 0.929. The number of aliphatic hydroxyl groups is 1. The molecule has 1 saturated carbocycles. The molecule has 1 rings (SSSR count). The number of hydrogen-bond donors (Lipinski definition) is 1. The fourth-order valence-corrected chi connectivity index (χ4v) is 8.96. The van der Waals surface area contributed by atoms with Crippen LogP contribution in [0.1, 0.15) is 48.0 Å². The van der Waals surface area contributed by atoms with Crippen LogP contribution in [0.2, 0.25) is 16.6 Å². The van der Waals surface area contributed by atoms with Crippen molar-refractivity contribution in [3.63, 3.8) is 0 Å². The summed E-state index contributed by atoms with van der Waals surface area (Å²) < 4.78 is 6.32. The van der Waals surface area contributed by atoms with Crippen molar-refractivity contribution in [2.45, 2.75) is 70.7 Å². The highest BCUT2D eigenvalue weighted by atomic mass is 28.4. The molecule has 2 atom stereocenters. The molecule has 1 aliphatic carbocycles. The zero-order valence-corrected chi connectivity index (χ0v) is 13.6. The van der Waals surface area contributed by atoms with Gasteiger partial charge in [0.1, 0.15) is 5.78 Å². The summed E-state index contributed by atoms with van der Waals surface area (Å²) in [6.07, 6.45) is -0.163. The van der Waals surface area contributed by atoms with Gasteiger partial charge in [-0.15, -0.1) is 0 Å². The molecule has 106 valence electrons. The smallest absolute Gasteiger partial charge is 0.200 e. The molecule has 0 aliphatic heterocycles. The van der Waals surface area contributed by atoms with Gasteiger partial charge in [-0.2, -0.15) is 0 Å². The molecule has 0 unspecified atom stereocenters. The maximum Gasteiger partial charge on any atom is 0.200 e. The molecule has 1 aliphatic rings. The lowest BCUT2D eigenvalue weighted by Crippen LogP contribution is -2.52. The second kappa shape index (κ2) is 5.84. The Morgan fingerprint density at radius 3 is 1.89 bits per heavy atom. The number of carbonyl (C=O) groups is 1. The Balaban J connectivity index is 2.76. The Kier molecular flexibility index (Phi) is 5.15. The number of hydrogen-bond acceptors (Lipinski definition) is 3. The largest absolute Gasteiger partial charge is 0.415 e. The predicted molar refractivity (Wildman–Crippen MR) is 76.1 cm³/mol. The number of ketones is 1. The Labute approximate surface area is 112 Å². The van der Waals surface area contributed by atoms with E-state index in [1.807, 2.05) is 0 Å². The van der Waals surface area contributed by atoms with Crippen LogP contribution >= 0.6 is 0 Å². The quantitative estimate of drug-likeness (QED) is 0.756. The number of Topliss-reactive ketones (excluding diaryl/α,β-unsaturated/α-hetero) is 1. The van der Waals surface area contributed by atoms with Gasteiger partial charge >= 0.3 is 0 Å². The standard InChI is InChI=1S/C14H28O3Si/c1-9(2)18(10(3)4,11(5)6)17-8-12-13(15)7-14(12)16/h9-13,15H,7-8H2,1-6H3/t12-,13-/m0/s1. The molecular formula is C14H28O3Si. The average Bonchev–Trinajstić information content (AvgIpc) is 2.22. The van der Waals surface area contributed by atoms with Crippen LogP contribution in [0.3, 0.4) is 0 Å². The van der Waals surface area contributed by atoms with Crippen molar-refractivity contribution in [2.24, 2.45) is 5.92 Å². The Morgan fingerprint density at radius 2 is 1.61 bits per heavy atom. The van der Waals surface area contributed by atoms with Gasteiger partial charge in [-0.1, -0.05) is 41.5 Å². The number of carbonyl (C=O) groups excluding carboxylic acids is 1. The van der Waals surface area contributed by atoms with Crippen molar-refractivity contribution in [2.75, 3.05) is 6.61 Å². The van der Waals surface area contributed by atoms with E-state index >= 15 is 0 Å².